The first-order valence-corrected chi connectivity index (χ1v) is 6.70. The Morgan fingerprint density at radius 3 is 2.55 bits per heavy atom. The number of hydrogen-bond donors (Lipinski definition) is 0. The second-order valence-corrected chi connectivity index (χ2v) is 5.15. The van der Waals surface area contributed by atoms with Crippen LogP contribution >= 0.6 is 23.2 Å². The minimum atomic E-state index is 0.427. The van der Waals surface area contributed by atoms with Gasteiger partial charge in [0.05, 0.1) is 24.2 Å². The molecule has 3 nitrogen and oxygen atoms in total. The lowest BCUT2D eigenvalue weighted by Gasteiger charge is -2.06. The van der Waals surface area contributed by atoms with Crippen LogP contribution in [0.3, 0.4) is 0 Å². The molecule has 0 saturated heterocycles. The van der Waals surface area contributed by atoms with Gasteiger partial charge in [0, 0.05) is 5.02 Å². The molecular formula is C15H9Cl2N3. The van der Waals surface area contributed by atoms with E-state index in [1.807, 2.05) is 28.8 Å². The molecule has 0 saturated carbocycles. The highest BCUT2D eigenvalue weighted by Crippen LogP contribution is 2.24. The zero-order chi connectivity index (χ0) is 14.1. The Bertz CT molecular complexity index is 813. The van der Waals surface area contributed by atoms with Crippen LogP contribution in [0.15, 0.2) is 42.5 Å². The molecule has 1 aromatic heterocycles. The Kier molecular flexibility index (Phi) is 3.35. The fraction of sp³-hybridized carbons (Fsp3) is 0.0667. The summed E-state index contributed by atoms with van der Waals surface area (Å²) in [4.78, 5) is 7.68. The lowest BCUT2D eigenvalue weighted by atomic mass is 10.2. The molecule has 0 N–H and O–H groups in total. The minimum absolute atomic E-state index is 0.427. The molecule has 0 aliphatic heterocycles. The largest absolute Gasteiger partial charge is 0.310 e. The number of nitrogens with zero attached hydrogens (tertiary/aromatic N) is 3. The Labute approximate surface area is 126 Å². The van der Waals surface area contributed by atoms with Crippen molar-refractivity contribution in [1.29, 1.82) is 0 Å². The summed E-state index contributed by atoms with van der Waals surface area (Å²) in [5, 5.41) is 1.08. The molecule has 3 aromatic rings. The lowest BCUT2D eigenvalue weighted by Crippen LogP contribution is -1.99. The van der Waals surface area contributed by atoms with E-state index in [9.17, 15) is 0 Å². The minimum Gasteiger partial charge on any atom is -0.310 e. The van der Waals surface area contributed by atoms with Gasteiger partial charge in [0.1, 0.15) is 0 Å². The van der Waals surface area contributed by atoms with Crippen LogP contribution in [0, 0.1) is 6.57 Å². The molecule has 0 radical (unpaired) electrons. The van der Waals surface area contributed by atoms with Crippen molar-refractivity contribution in [3.05, 3.63) is 69.8 Å². The van der Waals surface area contributed by atoms with Crippen LogP contribution in [0.1, 0.15) is 5.56 Å². The van der Waals surface area contributed by atoms with Crippen LogP contribution in [-0.2, 0) is 6.54 Å². The van der Waals surface area contributed by atoms with E-state index in [0.29, 0.717) is 22.5 Å². The van der Waals surface area contributed by atoms with Gasteiger partial charge in [-0.05, 0) is 35.4 Å². The predicted molar refractivity (Wildman–Crippen MR) is 81.6 cm³/mol. The molecule has 2 aromatic carbocycles. The molecule has 5 heteroatoms. The summed E-state index contributed by atoms with van der Waals surface area (Å²) in [6.45, 7) is 7.54. The summed E-state index contributed by atoms with van der Waals surface area (Å²) in [6, 6.07) is 12.9. The first kappa shape index (κ1) is 13.0. The standard InChI is InChI=1S/C15H9Cl2N3/c1-18-12-5-2-10(3-6-12)9-20-14-8-11(16)4-7-13(14)19-15(20)17/h2-8H,9H2. The van der Waals surface area contributed by atoms with Crippen LogP contribution in [-0.4, -0.2) is 9.55 Å². The number of rotatable bonds is 2. The highest BCUT2D eigenvalue weighted by molar-refractivity contribution is 6.31. The van der Waals surface area contributed by atoms with Crippen LogP contribution in [0.25, 0.3) is 15.9 Å². The third kappa shape index (κ3) is 2.36. The highest BCUT2D eigenvalue weighted by atomic mass is 35.5. The number of hydrogen-bond acceptors (Lipinski definition) is 1. The zero-order valence-corrected chi connectivity index (χ0v) is 11.9. The van der Waals surface area contributed by atoms with Crippen molar-refractivity contribution in [1.82, 2.24) is 9.55 Å². The normalized spacial score (nSPS) is 10.7. The summed E-state index contributed by atoms with van der Waals surface area (Å²) in [7, 11) is 0. The Hall–Kier alpha value is -2.02. The van der Waals surface area contributed by atoms with Crippen molar-refractivity contribution in [2.45, 2.75) is 6.54 Å². The van der Waals surface area contributed by atoms with Gasteiger partial charge in [-0.25, -0.2) is 9.83 Å². The van der Waals surface area contributed by atoms with Crippen molar-refractivity contribution in [2.75, 3.05) is 0 Å². The average Bonchev–Trinajstić information content (AvgIpc) is 2.76. The molecule has 0 amide bonds. The van der Waals surface area contributed by atoms with Crippen LogP contribution in [0.2, 0.25) is 10.3 Å². The van der Waals surface area contributed by atoms with Gasteiger partial charge in [0.2, 0.25) is 5.28 Å². The molecule has 98 valence electrons. The molecule has 20 heavy (non-hydrogen) atoms. The number of halogens is 2. The van der Waals surface area contributed by atoms with Gasteiger partial charge in [0.25, 0.3) is 0 Å². The van der Waals surface area contributed by atoms with E-state index in [1.54, 1.807) is 18.2 Å². The van der Waals surface area contributed by atoms with E-state index in [0.717, 1.165) is 16.6 Å². The summed E-state index contributed by atoms with van der Waals surface area (Å²) < 4.78 is 1.90. The summed E-state index contributed by atoms with van der Waals surface area (Å²) in [5.74, 6) is 0. The lowest BCUT2D eigenvalue weighted by molar-refractivity contribution is 0.826. The number of benzene rings is 2. The Morgan fingerprint density at radius 1 is 1.10 bits per heavy atom. The van der Waals surface area contributed by atoms with E-state index in [-0.39, 0.29) is 0 Å². The van der Waals surface area contributed by atoms with Gasteiger partial charge >= 0.3 is 0 Å². The monoisotopic (exact) mass is 301 g/mol. The predicted octanol–water partition coefficient (Wildman–Crippen LogP) is 4.94. The van der Waals surface area contributed by atoms with Crippen molar-refractivity contribution in [3.63, 3.8) is 0 Å². The molecule has 1 heterocycles. The van der Waals surface area contributed by atoms with Gasteiger partial charge < -0.3 is 4.57 Å². The van der Waals surface area contributed by atoms with Gasteiger partial charge in [-0.2, -0.15) is 0 Å². The molecule has 0 atom stereocenters. The third-order valence-electron chi connectivity index (χ3n) is 3.07. The molecular weight excluding hydrogens is 293 g/mol. The van der Waals surface area contributed by atoms with Gasteiger partial charge in [-0.15, -0.1) is 0 Å². The first-order valence-electron chi connectivity index (χ1n) is 5.95. The molecule has 0 aliphatic rings. The maximum Gasteiger partial charge on any atom is 0.204 e. The number of fused-ring (bicyclic) bond motifs is 1. The Morgan fingerprint density at radius 2 is 1.85 bits per heavy atom. The molecule has 3 rings (SSSR count). The average molecular weight is 302 g/mol. The molecule has 0 fully saturated rings. The van der Waals surface area contributed by atoms with E-state index in [1.165, 1.54) is 0 Å². The SMILES string of the molecule is [C-]#[N+]c1ccc(Cn2c(Cl)nc3ccc(Cl)cc32)cc1. The van der Waals surface area contributed by atoms with Crippen molar-refractivity contribution >= 4 is 39.9 Å². The van der Waals surface area contributed by atoms with Crippen LogP contribution in [0.4, 0.5) is 5.69 Å². The summed E-state index contributed by atoms with van der Waals surface area (Å²) in [6.07, 6.45) is 0. The topological polar surface area (TPSA) is 22.2 Å². The summed E-state index contributed by atoms with van der Waals surface area (Å²) in [5.41, 5.74) is 3.39. The highest BCUT2D eigenvalue weighted by Gasteiger charge is 2.09. The van der Waals surface area contributed by atoms with E-state index in [4.69, 9.17) is 29.8 Å². The fourth-order valence-corrected chi connectivity index (χ4v) is 2.48. The molecule has 0 bridgehead atoms. The smallest absolute Gasteiger partial charge is 0.204 e. The van der Waals surface area contributed by atoms with E-state index in [2.05, 4.69) is 9.83 Å². The molecule has 0 aliphatic carbocycles. The molecule has 0 spiro atoms. The quantitative estimate of drug-likeness (QED) is 0.614. The van der Waals surface area contributed by atoms with Crippen LogP contribution < -0.4 is 0 Å². The Balaban J connectivity index is 2.03. The number of imidazole rings is 1. The van der Waals surface area contributed by atoms with Crippen LogP contribution in [0.5, 0.6) is 0 Å². The number of aromatic nitrogens is 2. The maximum absolute atomic E-state index is 6.95. The van der Waals surface area contributed by atoms with Gasteiger partial charge in [0.15, 0.2) is 5.69 Å². The third-order valence-corrected chi connectivity index (χ3v) is 3.59. The van der Waals surface area contributed by atoms with Gasteiger partial charge in [-0.1, -0.05) is 35.9 Å². The van der Waals surface area contributed by atoms with Gasteiger partial charge in [-0.3, -0.25) is 0 Å². The maximum atomic E-state index is 6.95. The fourth-order valence-electron chi connectivity index (χ4n) is 2.08. The van der Waals surface area contributed by atoms with Crippen molar-refractivity contribution < 1.29 is 0 Å². The van der Waals surface area contributed by atoms with Crippen molar-refractivity contribution in [3.8, 4) is 0 Å². The first-order chi connectivity index (χ1) is 9.67. The summed E-state index contributed by atoms with van der Waals surface area (Å²) >= 11 is 12.2. The second-order valence-electron chi connectivity index (χ2n) is 4.38. The molecule has 0 unspecified atom stereocenters. The second kappa shape index (κ2) is 5.16. The van der Waals surface area contributed by atoms with Crippen molar-refractivity contribution in [2.24, 2.45) is 0 Å². The zero-order valence-electron chi connectivity index (χ0n) is 10.3. The van der Waals surface area contributed by atoms with E-state index < -0.39 is 0 Å². The van der Waals surface area contributed by atoms with E-state index >= 15 is 0 Å².